The largest absolute Gasteiger partial charge is 0.482 e. The summed E-state index contributed by atoms with van der Waals surface area (Å²) in [5.74, 6) is 0.0442. The summed E-state index contributed by atoms with van der Waals surface area (Å²) < 4.78 is 40.4. The molecule has 13 heteroatoms. The van der Waals surface area contributed by atoms with Crippen molar-refractivity contribution in [2.24, 2.45) is 21.5 Å². The Bertz CT molecular complexity index is 1250. The zero-order valence-electron chi connectivity index (χ0n) is 18.0. The van der Waals surface area contributed by atoms with Gasteiger partial charge < -0.3 is 21.1 Å². The zero-order valence-corrected chi connectivity index (χ0v) is 19.6. The van der Waals surface area contributed by atoms with E-state index in [0.717, 1.165) is 12.1 Å². The molecule has 4 N–H and O–H groups in total. The van der Waals surface area contributed by atoms with Crippen molar-refractivity contribution in [3.05, 3.63) is 47.5 Å². The first-order valence-corrected chi connectivity index (χ1v) is 11.3. The molecule has 0 saturated carbocycles. The fourth-order valence-corrected chi connectivity index (χ4v) is 3.90. The predicted molar refractivity (Wildman–Crippen MR) is 125 cm³/mol. The number of carbonyl (C=O) groups is 1. The molecule has 0 bridgehead atoms. The summed E-state index contributed by atoms with van der Waals surface area (Å²) in [5, 5.41) is 0.228. The van der Waals surface area contributed by atoms with Crippen LogP contribution >= 0.6 is 11.6 Å². The standard InChI is InChI=1S/C20H22ClFN6O4S/c1-20(2)26-18(23)25-19(24)28(20)13-6-9-16(15(21)10-13)32-11-17(29)27(3)12-4-7-14(8-5-12)33(22,30)31/h4-10H,11H2,1-3H3,(H4,23,24,25,26). The van der Waals surface area contributed by atoms with Gasteiger partial charge in [-0.1, -0.05) is 11.6 Å². The molecule has 0 aromatic heterocycles. The number of carbonyl (C=O) groups excluding carboxylic acids is 1. The second-order valence-corrected chi connectivity index (χ2v) is 9.31. The number of nitrogens with two attached hydrogens (primary N) is 2. The van der Waals surface area contributed by atoms with Gasteiger partial charge in [0.15, 0.2) is 6.61 Å². The molecule has 176 valence electrons. The molecule has 0 radical (unpaired) electrons. The third-order valence-corrected chi connectivity index (χ3v) is 5.93. The predicted octanol–water partition coefficient (Wildman–Crippen LogP) is 2.23. The summed E-state index contributed by atoms with van der Waals surface area (Å²) in [6.07, 6.45) is 0. The van der Waals surface area contributed by atoms with E-state index in [4.69, 9.17) is 27.8 Å². The molecule has 2 aromatic rings. The van der Waals surface area contributed by atoms with Crippen molar-refractivity contribution in [3.63, 3.8) is 0 Å². The summed E-state index contributed by atoms with van der Waals surface area (Å²) in [6.45, 7) is 3.27. The highest BCUT2D eigenvalue weighted by Crippen LogP contribution is 2.34. The Morgan fingerprint density at radius 2 is 1.85 bits per heavy atom. The van der Waals surface area contributed by atoms with Gasteiger partial charge in [0, 0.05) is 18.4 Å². The summed E-state index contributed by atoms with van der Waals surface area (Å²) in [4.78, 5) is 23.1. The smallest absolute Gasteiger partial charge is 0.332 e. The highest BCUT2D eigenvalue weighted by molar-refractivity contribution is 7.86. The van der Waals surface area contributed by atoms with Gasteiger partial charge >= 0.3 is 10.2 Å². The van der Waals surface area contributed by atoms with Crippen molar-refractivity contribution >= 4 is 51.0 Å². The molecule has 33 heavy (non-hydrogen) atoms. The first-order chi connectivity index (χ1) is 15.3. The minimum atomic E-state index is -4.82. The van der Waals surface area contributed by atoms with E-state index in [1.165, 1.54) is 24.1 Å². The average molecular weight is 497 g/mol. The number of nitrogens with zero attached hydrogens (tertiary/aromatic N) is 4. The Hall–Kier alpha value is -3.38. The summed E-state index contributed by atoms with van der Waals surface area (Å²) in [6, 6.07) is 9.63. The van der Waals surface area contributed by atoms with Gasteiger partial charge in [-0.15, -0.1) is 3.89 Å². The third-order valence-electron chi connectivity index (χ3n) is 4.80. The van der Waals surface area contributed by atoms with E-state index in [-0.39, 0.29) is 29.3 Å². The number of likely N-dealkylation sites (N-methyl/N-ethyl adjacent to an activating group) is 1. The lowest BCUT2D eigenvalue weighted by Gasteiger charge is -2.38. The molecule has 0 fully saturated rings. The summed E-state index contributed by atoms with van der Waals surface area (Å²) in [7, 11) is -3.34. The summed E-state index contributed by atoms with van der Waals surface area (Å²) >= 11 is 6.35. The minimum absolute atomic E-state index is 0.0726. The number of hydrogen-bond acceptors (Lipinski definition) is 9. The topological polar surface area (TPSA) is 144 Å². The number of rotatable bonds is 6. The van der Waals surface area contributed by atoms with Crippen molar-refractivity contribution in [1.82, 2.24) is 0 Å². The number of amides is 1. The quantitative estimate of drug-likeness (QED) is 0.583. The molecular formula is C20H22ClFN6O4S. The lowest BCUT2D eigenvalue weighted by molar-refractivity contribution is -0.120. The van der Waals surface area contributed by atoms with Crippen molar-refractivity contribution in [2.75, 3.05) is 23.5 Å². The molecule has 1 aliphatic rings. The van der Waals surface area contributed by atoms with Gasteiger partial charge in [0.25, 0.3) is 5.91 Å². The molecule has 1 aliphatic heterocycles. The van der Waals surface area contributed by atoms with Crippen LogP contribution in [0.5, 0.6) is 5.75 Å². The van der Waals surface area contributed by atoms with Gasteiger partial charge in [-0.25, -0.2) is 4.99 Å². The maximum absolute atomic E-state index is 13.0. The second kappa shape index (κ2) is 8.87. The molecule has 3 rings (SSSR count). The Kier molecular flexibility index (Phi) is 6.52. The van der Waals surface area contributed by atoms with E-state index in [0.29, 0.717) is 11.4 Å². The van der Waals surface area contributed by atoms with Crippen molar-refractivity contribution < 1.29 is 21.8 Å². The van der Waals surface area contributed by atoms with Gasteiger partial charge in [0.1, 0.15) is 11.4 Å². The van der Waals surface area contributed by atoms with E-state index < -0.39 is 26.7 Å². The molecular weight excluding hydrogens is 475 g/mol. The molecule has 2 aromatic carbocycles. The van der Waals surface area contributed by atoms with Gasteiger partial charge in [0.2, 0.25) is 11.9 Å². The highest BCUT2D eigenvalue weighted by Gasteiger charge is 2.33. The Morgan fingerprint density at radius 1 is 1.21 bits per heavy atom. The molecule has 0 atom stereocenters. The van der Waals surface area contributed by atoms with Gasteiger partial charge in [-0.3, -0.25) is 9.69 Å². The van der Waals surface area contributed by atoms with Crippen LogP contribution in [-0.4, -0.2) is 45.6 Å². The maximum atomic E-state index is 13.0. The first kappa shape index (κ1) is 24.3. The molecule has 1 amide bonds. The molecule has 10 nitrogen and oxygen atoms in total. The maximum Gasteiger partial charge on any atom is 0.332 e. The third kappa shape index (κ3) is 5.34. The van der Waals surface area contributed by atoms with E-state index in [2.05, 4.69) is 9.98 Å². The number of benzene rings is 2. The van der Waals surface area contributed by atoms with Crippen molar-refractivity contribution in [1.29, 1.82) is 0 Å². The highest BCUT2D eigenvalue weighted by atomic mass is 35.5. The van der Waals surface area contributed by atoms with Crippen LogP contribution in [-0.2, 0) is 15.0 Å². The number of ether oxygens (including phenoxy) is 1. The van der Waals surface area contributed by atoms with Gasteiger partial charge in [-0.05, 0) is 56.3 Å². The average Bonchev–Trinajstić information content (AvgIpc) is 2.70. The lowest BCUT2D eigenvalue weighted by atomic mass is 10.1. The van der Waals surface area contributed by atoms with Gasteiger partial charge in [0.05, 0.1) is 9.92 Å². The van der Waals surface area contributed by atoms with E-state index in [1.54, 1.807) is 23.1 Å². The second-order valence-electron chi connectivity index (χ2n) is 7.56. The first-order valence-electron chi connectivity index (χ1n) is 9.53. The molecule has 1 heterocycles. The SMILES string of the molecule is CN(C(=O)COc1ccc(N2C(N)=NC(N)=NC2(C)C)cc1Cl)c1ccc(S(=O)(=O)F)cc1. The van der Waals surface area contributed by atoms with Crippen LogP contribution < -0.4 is 26.0 Å². The van der Waals surface area contributed by atoms with Crippen molar-refractivity contribution in [2.45, 2.75) is 24.4 Å². The fourth-order valence-electron chi connectivity index (χ4n) is 3.21. The Morgan fingerprint density at radius 3 is 2.39 bits per heavy atom. The number of hydrogen-bond donors (Lipinski definition) is 2. The van der Waals surface area contributed by atoms with Crippen LogP contribution in [0.1, 0.15) is 13.8 Å². The zero-order chi connectivity index (χ0) is 24.6. The normalized spacial score (nSPS) is 15.5. The number of guanidine groups is 2. The van der Waals surface area contributed by atoms with Crippen molar-refractivity contribution in [3.8, 4) is 5.75 Å². The van der Waals surface area contributed by atoms with E-state index >= 15 is 0 Å². The molecule has 0 unspecified atom stereocenters. The van der Waals surface area contributed by atoms with Crippen LogP contribution in [0, 0.1) is 0 Å². The van der Waals surface area contributed by atoms with Crippen LogP contribution in [0.25, 0.3) is 0 Å². The van der Waals surface area contributed by atoms with Crippen LogP contribution in [0.3, 0.4) is 0 Å². The number of halogens is 2. The molecule has 0 spiro atoms. The minimum Gasteiger partial charge on any atom is -0.482 e. The van der Waals surface area contributed by atoms with Crippen LogP contribution in [0.4, 0.5) is 15.3 Å². The van der Waals surface area contributed by atoms with Crippen LogP contribution in [0.15, 0.2) is 57.3 Å². The Labute approximate surface area is 195 Å². The number of aliphatic imine (C=N–C) groups is 2. The van der Waals surface area contributed by atoms with E-state index in [1.807, 2.05) is 13.8 Å². The van der Waals surface area contributed by atoms with Gasteiger partial charge in [-0.2, -0.15) is 13.4 Å². The lowest BCUT2D eigenvalue weighted by Crippen LogP contribution is -2.54. The summed E-state index contributed by atoms with van der Waals surface area (Å²) in [5.41, 5.74) is 11.9. The van der Waals surface area contributed by atoms with E-state index in [9.17, 15) is 17.1 Å². The Balaban J connectivity index is 1.70. The molecule has 0 aliphatic carbocycles. The fraction of sp³-hybridized carbons (Fsp3) is 0.250. The number of anilines is 2. The van der Waals surface area contributed by atoms with Crippen LogP contribution in [0.2, 0.25) is 5.02 Å². The monoisotopic (exact) mass is 496 g/mol. The molecule has 0 saturated heterocycles.